The minimum absolute atomic E-state index is 0.141. The van der Waals surface area contributed by atoms with Crippen molar-refractivity contribution in [1.29, 1.82) is 0 Å². The van der Waals surface area contributed by atoms with Crippen molar-refractivity contribution in [2.24, 2.45) is 0 Å². The number of hydrogen-bond donors (Lipinski definition) is 0. The Bertz CT molecular complexity index is 740. The summed E-state index contributed by atoms with van der Waals surface area (Å²) < 4.78 is 1.89. The molecule has 0 bridgehead atoms. The van der Waals surface area contributed by atoms with Crippen LogP contribution in [-0.4, -0.2) is 62.5 Å². The summed E-state index contributed by atoms with van der Waals surface area (Å²) in [5.41, 5.74) is 1.51. The van der Waals surface area contributed by atoms with Gasteiger partial charge in [0.05, 0.1) is 5.56 Å². The number of fused-ring (bicyclic) bond motifs is 1. The van der Waals surface area contributed by atoms with Gasteiger partial charge >= 0.3 is 0 Å². The topological polar surface area (TPSA) is 53.7 Å². The third-order valence-electron chi connectivity index (χ3n) is 5.40. The van der Waals surface area contributed by atoms with Gasteiger partial charge in [-0.25, -0.2) is 0 Å². The summed E-state index contributed by atoms with van der Waals surface area (Å²) in [6.07, 6.45) is 6.55. The van der Waals surface area contributed by atoms with Gasteiger partial charge in [0.15, 0.2) is 5.65 Å². The predicted octanol–water partition coefficient (Wildman–Crippen LogP) is 1.74. The quantitative estimate of drug-likeness (QED) is 0.847. The Morgan fingerprint density at radius 3 is 2.70 bits per heavy atom. The van der Waals surface area contributed by atoms with Crippen LogP contribution < -0.4 is 0 Å². The van der Waals surface area contributed by atoms with Gasteiger partial charge in [0.1, 0.15) is 5.82 Å². The van der Waals surface area contributed by atoms with Gasteiger partial charge in [-0.1, -0.05) is 0 Å². The highest BCUT2D eigenvalue weighted by Crippen LogP contribution is 2.30. The molecule has 2 aliphatic heterocycles. The first-order valence-corrected chi connectivity index (χ1v) is 8.48. The molecule has 2 aromatic heterocycles. The van der Waals surface area contributed by atoms with E-state index < -0.39 is 0 Å². The molecule has 122 valence electrons. The smallest absolute Gasteiger partial charge is 0.255 e. The number of carbonyl (C=O) groups is 1. The number of aromatic nitrogens is 3. The van der Waals surface area contributed by atoms with E-state index in [0.717, 1.165) is 43.0 Å². The highest BCUT2D eigenvalue weighted by Gasteiger charge is 2.38. The Balaban J connectivity index is 1.62. The first-order chi connectivity index (χ1) is 11.1. The lowest BCUT2D eigenvalue weighted by molar-refractivity contribution is 0.0664. The van der Waals surface area contributed by atoms with Gasteiger partial charge in [0.2, 0.25) is 0 Å². The lowest BCUT2D eigenvalue weighted by Gasteiger charge is -2.33. The number of aryl methyl sites for hydroxylation is 1. The molecule has 0 spiro atoms. The summed E-state index contributed by atoms with van der Waals surface area (Å²) in [5, 5.41) is 8.15. The molecule has 2 fully saturated rings. The Kier molecular flexibility index (Phi) is 3.56. The molecule has 0 aromatic carbocycles. The van der Waals surface area contributed by atoms with Crippen LogP contribution in [0.15, 0.2) is 18.3 Å². The summed E-state index contributed by atoms with van der Waals surface area (Å²) in [7, 11) is 2.19. The van der Waals surface area contributed by atoms with Gasteiger partial charge in [0.25, 0.3) is 5.91 Å². The maximum Gasteiger partial charge on any atom is 0.255 e. The van der Waals surface area contributed by atoms with Crippen molar-refractivity contribution in [2.75, 3.05) is 20.1 Å². The molecule has 2 aromatic rings. The van der Waals surface area contributed by atoms with E-state index in [1.807, 2.05) is 29.7 Å². The standard InChI is InChI=1S/C17H23N5O/c1-12-18-19-16-8-7-13(11-22(12)16)17(23)21-10-4-6-15(21)14-5-3-9-20(14)2/h7-8,11,14-15H,3-6,9-10H2,1-2H3/t14-,15+/m1/s1. The van der Waals surface area contributed by atoms with Crippen molar-refractivity contribution in [2.45, 2.75) is 44.7 Å². The number of rotatable bonds is 2. The van der Waals surface area contributed by atoms with Gasteiger partial charge in [-0.05, 0) is 58.3 Å². The van der Waals surface area contributed by atoms with Gasteiger partial charge in [-0.15, -0.1) is 10.2 Å². The number of likely N-dealkylation sites (N-methyl/N-ethyl adjacent to an activating group) is 1. The maximum absolute atomic E-state index is 13.1. The Labute approximate surface area is 136 Å². The predicted molar refractivity (Wildman–Crippen MR) is 87.4 cm³/mol. The van der Waals surface area contributed by atoms with Crippen LogP contribution in [0.3, 0.4) is 0 Å². The minimum atomic E-state index is 0.141. The number of amides is 1. The van der Waals surface area contributed by atoms with Gasteiger partial charge in [-0.2, -0.15) is 0 Å². The SMILES string of the molecule is Cc1nnc2ccc(C(=O)N3CCC[C@H]3[C@H]3CCCN3C)cn12. The second-order valence-corrected chi connectivity index (χ2v) is 6.79. The van der Waals surface area contributed by atoms with Crippen LogP contribution in [0, 0.1) is 6.92 Å². The molecule has 0 aliphatic carbocycles. The average Bonchev–Trinajstić information content (AvgIpc) is 3.26. The van der Waals surface area contributed by atoms with Crippen LogP contribution in [0.2, 0.25) is 0 Å². The number of hydrogen-bond acceptors (Lipinski definition) is 4. The third-order valence-corrected chi connectivity index (χ3v) is 5.40. The zero-order valence-corrected chi connectivity index (χ0v) is 13.8. The Morgan fingerprint density at radius 1 is 1.13 bits per heavy atom. The number of likely N-dealkylation sites (tertiary alicyclic amines) is 2. The first kappa shape index (κ1) is 14.6. The zero-order chi connectivity index (χ0) is 16.0. The lowest BCUT2D eigenvalue weighted by Crippen LogP contribution is -2.47. The fraction of sp³-hybridized carbons (Fsp3) is 0.588. The van der Waals surface area contributed by atoms with E-state index in [-0.39, 0.29) is 5.91 Å². The molecule has 2 saturated heterocycles. The molecule has 4 rings (SSSR count). The van der Waals surface area contributed by atoms with Crippen molar-refractivity contribution in [3.63, 3.8) is 0 Å². The van der Waals surface area contributed by atoms with E-state index in [4.69, 9.17) is 0 Å². The molecule has 6 nitrogen and oxygen atoms in total. The van der Waals surface area contributed by atoms with Gasteiger partial charge < -0.3 is 9.80 Å². The average molecular weight is 313 g/mol. The van der Waals surface area contributed by atoms with E-state index in [1.165, 1.54) is 12.8 Å². The van der Waals surface area contributed by atoms with Crippen LogP contribution in [0.1, 0.15) is 41.9 Å². The van der Waals surface area contributed by atoms with E-state index in [9.17, 15) is 4.79 Å². The molecule has 0 N–H and O–H groups in total. The van der Waals surface area contributed by atoms with Crippen molar-refractivity contribution in [3.8, 4) is 0 Å². The van der Waals surface area contributed by atoms with E-state index in [1.54, 1.807) is 0 Å². The molecule has 0 unspecified atom stereocenters. The highest BCUT2D eigenvalue weighted by atomic mass is 16.2. The summed E-state index contributed by atoms with van der Waals surface area (Å²) in [6, 6.07) is 4.62. The van der Waals surface area contributed by atoms with Gasteiger partial charge in [0, 0.05) is 24.8 Å². The summed E-state index contributed by atoms with van der Waals surface area (Å²) in [5.74, 6) is 0.950. The summed E-state index contributed by atoms with van der Waals surface area (Å²) in [6.45, 7) is 3.92. The molecule has 0 radical (unpaired) electrons. The molecule has 23 heavy (non-hydrogen) atoms. The normalized spacial score (nSPS) is 25.6. The minimum Gasteiger partial charge on any atom is -0.334 e. The molecule has 6 heteroatoms. The summed E-state index contributed by atoms with van der Waals surface area (Å²) >= 11 is 0. The zero-order valence-electron chi connectivity index (χ0n) is 13.8. The second-order valence-electron chi connectivity index (χ2n) is 6.79. The van der Waals surface area contributed by atoms with Crippen molar-refractivity contribution >= 4 is 11.6 Å². The Morgan fingerprint density at radius 2 is 1.91 bits per heavy atom. The number of pyridine rings is 1. The second kappa shape index (κ2) is 5.60. The maximum atomic E-state index is 13.1. The van der Waals surface area contributed by atoms with Crippen molar-refractivity contribution in [3.05, 3.63) is 29.7 Å². The molecular weight excluding hydrogens is 290 g/mol. The molecular formula is C17H23N5O. The monoisotopic (exact) mass is 313 g/mol. The lowest BCUT2D eigenvalue weighted by atomic mass is 10.0. The van der Waals surface area contributed by atoms with Crippen LogP contribution in [0.25, 0.3) is 5.65 Å². The van der Waals surface area contributed by atoms with Crippen LogP contribution in [0.4, 0.5) is 0 Å². The molecule has 2 atom stereocenters. The summed E-state index contributed by atoms with van der Waals surface area (Å²) in [4.78, 5) is 17.6. The fourth-order valence-electron chi connectivity index (χ4n) is 4.16. The Hall–Kier alpha value is -1.95. The van der Waals surface area contributed by atoms with Crippen LogP contribution in [-0.2, 0) is 0 Å². The van der Waals surface area contributed by atoms with Crippen LogP contribution in [0.5, 0.6) is 0 Å². The number of nitrogens with zero attached hydrogens (tertiary/aromatic N) is 5. The number of carbonyl (C=O) groups excluding carboxylic acids is 1. The van der Waals surface area contributed by atoms with E-state index in [2.05, 4.69) is 27.0 Å². The fourth-order valence-corrected chi connectivity index (χ4v) is 4.16. The van der Waals surface area contributed by atoms with Crippen molar-refractivity contribution in [1.82, 2.24) is 24.4 Å². The van der Waals surface area contributed by atoms with E-state index >= 15 is 0 Å². The first-order valence-electron chi connectivity index (χ1n) is 8.48. The van der Waals surface area contributed by atoms with Gasteiger partial charge in [-0.3, -0.25) is 9.20 Å². The third kappa shape index (κ3) is 2.41. The van der Waals surface area contributed by atoms with E-state index in [0.29, 0.717) is 12.1 Å². The molecule has 0 saturated carbocycles. The van der Waals surface area contributed by atoms with Crippen molar-refractivity contribution < 1.29 is 4.79 Å². The molecule has 1 amide bonds. The molecule has 2 aliphatic rings. The van der Waals surface area contributed by atoms with Crippen LogP contribution >= 0.6 is 0 Å². The molecule has 4 heterocycles. The highest BCUT2D eigenvalue weighted by molar-refractivity contribution is 5.94. The largest absolute Gasteiger partial charge is 0.334 e.